The fourth-order valence-corrected chi connectivity index (χ4v) is 13.9. The third-order valence-corrected chi connectivity index (χ3v) is 15.9. The highest BCUT2D eigenvalue weighted by Gasteiger charge is 2.81. The van der Waals surface area contributed by atoms with Gasteiger partial charge in [0.05, 0.1) is 25.9 Å². The highest BCUT2D eigenvalue weighted by Crippen LogP contribution is 2.70. The second kappa shape index (κ2) is 13.0. The average Bonchev–Trinajstić information content (AvgIpc) is 3.84. The molecule has 0 radical (unpaired) electrons. The lowest BCUT2D eigenvalue weighted by Crippen LogP contribution is -2.79. The summed E-state index contributed by atoms with van der Waals surface area (Å²) in [5.41, 5.74) is -1.45. The number of piperidine rings is 1. The lowest BCUT2D eigenvalue weighted by molar-refractivity contribution is -0.243. The number of nitrogens with one attached hydrogen (secondary N) is 1. The quantitative estimate of drug-likeness (QED) is 0.230. The van der Waals surface area contributed by atoms with Crippen molar-refractivity contribution in [1.82, 2.24) is 19.7 Å². The predicted octanol–water partition coefficient (Wildman–Crippen LogP) is 3.66. The van der Waals surface area contributed by atoms with Gasteiger partial charge in [0.15, 0.2) is 12.2 Å². The molecule has 3 N–H and O–H groups in total. The molecule has 3 saturated heterocycles. The Morgan fingerprint density at radius 3 is 2.59 bits per heavy atom. The van der Waals surface area contributed by atoms with Crippen LogP contribution in [-0.2, 0) is 45.2 Å². The van der Waals surface area contributed by atoms with Gasteiger partial charge < -0.3 is 39.0 Å². The van der Waals surface area contributed by atoms with E-state index in [9.17, 15) is 19.8 Å². The number of hydrogen-bond acceptors (Lipinski definition) is 12. The number of likely N-dealkylation sites (tertiary alicyclic amines) is 1. The molecular formula is C46H56N4O9. The Kier molecular flexibility index (Phi) is 8.56. The molecule has 11 atom stereocenters. The van der Waals surface area contributed by atoms with E-state index in [0.29, 0.717) is 75.2 Å². The Hall–Kier alpha value is -4.43. The standard InChI is InChI=1S/C46H56N4O9/c1-7-42(54)22-27-23-45(36-29(14-18-49(24-27)25-42)28-12-9-10-13-32(28)47-36)31-20-30-33(21-34(35(31)56-5)59-40(45)52)48(4)38-44(30)16-19-50-17-11-15-43(8-2,37(44)50)39(58-26(3)51)46(38,55)41(53)57-6/h9-13,15,20-21,27,34,37-39,47,54-55H,7-8,14,16-19,22-25H2,1-6H3/t27-,34?,37-,38+,39+,42-,43+,44+,45-,46-/m0/s1. The molecule has 13 heteroatoms. The smallest absolute Gasteiger partial charge is 0.344 e. The Bertz CT molecular complexity index is 2300. The zero-order valence-electron chi connectivity index (χ0n) is 34.9. The van der Waals surface area contributed by atoms with Crippen molar-refractivity contribution in [3.8, 4) is 0 Å². The maximum atomic E-state index is 15.5. The van der Waals surface area contributed by atoms with Crippen LogP contribution in [0.5, 0.6) is 0 Å². The number of carbonyl (C=O) groups excluding carboxylic acids is 3. The molecule has 7 heterocycles. The number of carbonyl (C=O) groups is 3. The SMILES string of the molecule is CC[C@]1(O)C[C@@H]2CN(CCc3c([nH]c4ccccc34)[C@@]3(C2)C(=O)OC2C=C4C(=CC3=C2OC)[C@@]23CCN5CC=C[C@@](CC)([C@@H](OC(C)=O)[C@](O)(C(=O)OC)[C@@H]2N4C)[C@H]53)C1. The molecular weight excluding hydrogens is 753 g/mol. The van der Waals surface area contributed by atoms with Gasteiger partial charge in [0.25, 0.3) is 0 Å². The highest BCUT2D eigenvalue weighted by atomic mass is 16.6. The van der Waals surface area contributed by atoms with Crippen molar-refractivity contribution >= 4 is 28.8 Å². The number of fused-ring (bicyclic) bond motifs is 9. The van der Waals surface area contributed by atoms with Gasteiger partial charge in [-0.05, 0) is 80.3 Å². The van der Waals surface area contributed by atoms with E-state index in [1.54, 1.807) is 7.11 Å². The topological polar surface area (TPSA) is 154 Å². The van der Waals surface area contributed by atoms with Gasteiger partial charge in [-0.25, -0.2) is 4.79 Å². The van der Waals surface area contributed by atoms with Crippen LogP contribution >= 0.6 is 0 Å². The molecule has 2 unspecified atom stereocenters. The molecule has 1 aromatic heterocycles. The van der Waals surface area contributed by atoms with Crippen molar-refractivity contribution in [2.75, 3.05) is 54.0 Å². The first-order chi connectivity index (χ1) is 28.3. The largest absolute Gasteiger partial charge is 0.496 e. The fraction of sp³-hybridized carbons (Fsp3) is 0.587. The van der Waals surface area contributed by atoms with Crippen molar-refractivity contribution in [2.45, 2.75) is 100 Å². The van der Waals surface area contributed by atoms with Crippen LogP contribution in [0.1, 0.15) is 64.1 Å². The fourth-order valence-electron chi connectivity index (χ4n) is 13.9. The number of esters is 3. The molecule has 59 heavy (non-hydrogen) atoms. The third-order valence-electron chi connectivity index (χ3n) is 15.9. The number of aromatic nitrogens is 1. The van der Waals surface area contributed by atoms with Crippen LogP contribution in [0.15, 0.2) is 71.2 Å². The van der Waals surface area contributed by atoms with E-state index in [4.69, 9.17) is 18.9 Å². The number of nitrogens with zero attached hydrogens (tertiary/aromatic N) is 3. The molecule has 0 amide bonds. The Balaban J connectivity index is 1.27. The molecule has 13 nitrogen and oxygen atoms in total. The van der Waals surface area contributed by atoms with E-state index in [1.165, 1.54) is 14.0 Å². The lowest BCUT2D eigenvalue weighted by atomic mass is 9.47. The number of allylic oxidation sites excluding steroid dienone is 2. The molecule has 1 saturated carbocycles. The van der Waals surface area contributed by atoms with Gasteiger partial charge in [0.2, 0.25) is 5.60 Å². The van der Waals surface area contributed by atoms with Gasteiger partial charge in [-0.2, -0.15) is 0 Å². The van der Waals surface area contributed by atoms with E-state index in [1.807, 2.05) is 50.1 Å². The molecule has 10 rings (SSSR count). The first kappa shape index (κ1) is 38.8. The number of benzene rings is 1. The minimum atomic E-state index is -2.30. The molecule has 2 aliphatic carbocycles. The Labute approximate surface area is 344 Å². The molecule has 2 aromatic rings. The van der Waals surface area contributed by atoms with E-state index in [2.05, 4.69) is 39.1 Å². The Morgan fingerprint density at radius 2 is 1.86 bits per heavy atom. The number of likely N-dealkylation sites (N-methyl/N-ethyl adjacent to an activating group) is 1. The van der Waals surface area contributed by atoms with Gasteiger partial charge in [-0.15, -0.1) is 0 Å². The average molecular weight is 809 g/mol. The van der Waals surface area contributed by atoms with Crippen molar-refractivity contribution in [1.29, 1.82) is 0 Å². The van der Waals surface area contributed by atoms with E-state index < -0.39 is 57.6 Å². The summed E-state index contributed by atoms with van der Waals surface area (Å²) in [7, 11) is 4.75. The summed E-state index contributed by atoms with van der Waals surface area (Å²) in [4.78, 5) is 53.4. The first-order valence-electron chi connectivity index (χ1n) is 21.4. The zero-order valence-corrected chi connectivity index (χ0v) is 34.9. The van der Waals surface area contributed by atoms with Crippen molar-refractivity contribution < 1.29 is 43.5 Å². The summed E-state index contributed by atoms with van der Waals surface area (Å²) in [6.45, 7) is 8.68. The summed E-state index contributed by atoms with van der Waals surface area (Å²) in [5.74, 6) is -1.39. The van der Waals surface area contributed by atoms with Crippen molar-refractivity contribution in [3.63, 3.8) is 0 Å². The minimum Gasteiger partial charge on any atom is -0.496 e. The molecule has 4 fully saturated rings. The second-order valence-corrected chi connectivity index (χ2v) is 18.6. The van der Waals surface area contributed by atoms with Crippen LogP contribution in [0.3, 0.4) is 0 Å². The molecule has 6 aliphatic heterocycles. The molecule has 8 aliphatic rings. The number of rotatable bonds is 5. The van der Waals surface area contributed by atoms with E-state index in [0.717, 1.165) is 40.8 Å². The molecule has 314 valence electrons. The second-order valence-electron chi connectivity index (χ2n) is 18.6. The van der Waals surface area contributed by atoms with Gasteiger partial charge in [-0.1, -0.05) is 44.2 Å². The maximum Gasteiger partial charge on any atom is 0.344 e. The van der Waals surface area contributed by atoms with Crippen LogP contribution in [0.4, 0.5) is 0 Å². The molecule has 4 bridgehead atoms. The zero-order chi connectivity index (χ0) is 41.4. The summed E-state index contributed by atoms with van der Waals surface area (Å²) in [6.07, 6.45) is 9.17. The van der Waals surface area contributed by atoms with Crippen LogP contribution in [0.2, 0.25) is 0 Å². The number of ether oxygens (including phenoxy) is 4. The molecule has 2 spiro atoms. The summed E-state index contributed by atoms with van der Waals surface area (Å²) >= 11 is 0. The van der Waals surface area contributed by atoms with Gasteiger partial charge in [0.1, 0.15) is 11.2 Å². The lowest BCUT2D eigenvalue weighted by Gasteiger charge is -2.63. The first-order valence-corrected chi connectivity index (χ1v) is 21.4. The molecule has 1 aromatic carbocycles. The van der Waals surface area contributed by atoms with Crippen LogP contribution in [0, 0.1) is 16.7 Å². The summed E-state index contributed by atoms with van der Waals surface area (Å²) < 4.78 is 24.7. The van der Waals surface area contributed by atoms with Crippen LogP contribution < -0.4 is 0 Å². The van der Waals surface area contributed by atoms with Crippen LogP contribution in [0.25, 0.3) is 10.9 Å². The Morgan fingerprint density at radius 1 is 1.07 bits per heavy atom. The van der Waals surface area contributed by atoms with E-state index >= 15 is 4.79 Å². The predicted molar refractivity (Wildman–Crippen MR) is 217 cm³/mol. The minimum absolute atomic E-state index is 0.0752. The third kappa shape index (κ3) is 4.84. The maximum absolute atomic E-state index is 15.5. The number of para-hydroxylation sites is 1. The number of hydrogen-bond donors (Lipinski definition) is 3. The number of aliphatic hydroxyl groups is 2. The van der Waals surface area contributed by atoms with Crippen LogP contribution in [-0.4, -0.2) is 137 Å². The normalized spacial score (nSPS) is 40.7. The van der Waals surface area contributed by atoms with E-state index in [-0.39, 0.29) is 17.9 Å². The highest BCUT2D eigenvalue weighted by molar-refractivity contribution is 5.95. The van der Waals surface area contributed by atoms with Gasteiger partial charge in [0, 0.05) is 84.9 Å². The number of methoxy groups -OCH3 is 2. The summed E-state index contributed by atoms with van der Waals surface area (Å²) in [6, 6.07) is 6.94. The van der Waals surface area contributed by atoms with Crippen molar-refractivity contribution in [2.24, 2.45) is 16.7 Å². The van der Waals surface area contributed by atoms with Gasteiger partial charge >= 0.3 is 17.9 Å². The van der Waals surface area contributed by atoms with Gasteiger partial charge in [-0.3, -0.25) is 19.4 Å². The summed E-state index contributed by atoms with van der Waals surface area (Å²) in [5, 5.41) is 26.4. The number of aromatic amines is 1. The van der Waals surface area contributed by atoms with Crippen molar-refractivity contribution in [3.05, 3.63) is 82.4 Å². The number of H-pyrrole nitrogens is 1. The monoisotopic (exact) mass is 808 g/mol.